The number of H-pyrrole nitrogens is 1. The molecule has 0 unspecified atom stereocenters. The summed E-state index contributed by atoms with van der Waals surface area (Å²) in [6.07, 6.45) is 0. The maximum Gasteiger partial charge on any atom is 0.144 e. The zero-order valence-electron chi connectivity index (χ0n) is 11.4. The van der Waals surface area contributed by atoms with E-state index in [1.807, 2.05) is 18.2 Å². The van der Waals surface area contributed by atoms with E-state index in [4.69, 9.17) is 25.8 Å². The van der Waals surface area contributed by atoms with Gasteiger partial charge in [-0.15, -0.1) is 0 Å². The molecule has 0 radical (unpaired) electrons. The summed E-state index contributed by atoms with van der Waals surface area (Å²) in [5.41, 5.74) is 1.73. The molecular formula is C15H14ClNO3. The normalized spacial score (nSPS) is 11.0. The van der Waals surface area contributed by atoms with Crippen molar-refractivity contribution in [2.75, 3.05) is 21.3 Å². The second-order valence-electron chi connectivity index (χ2n) is 4.38. The molecule has 5 heteroatoms. The van der Waals surface area contributed by atoms with Gasteiger partial charge in [0.25, 0.3) is 0 Å². The standard InChI is InChI=1S/C15H14ClNO3/c1-18-10-4-5-11(19-2)15-13(10)9-6-8(16)7-12(20-3)14(9)17-15/h4-7,17H,1-3H3. The van der Waals surface area contributed by atoms with Crippen LogP contribution >= 0.6 is 11.6 Å². The van der Waals surface area contributed by atoms with Gasteiger partial charge < -0.3 is 19.2 Å². The average molecular weight is 292 g/mol. The molecule has 20 heavy (non-hydrogen) atoms. The van der Waals surface area contributed by atoms with Crippen LogP contribution in [-0.4, -0.2) is 26.3 Å². The van der Waals surface area contributed by atoms with Crippen LogP contribution in [-0.2, 0) is 0 Å². The van der Waals surface area contributed by atoms with E-state index in [-0.39, 0.29) is 0 Å². The first-order valence-corrected chi connectivity index (χ1v) is 6.47. The highest BCUT2D eigenvalue weighted by molar-refractivity contribution is 6.32. The Morgan fingerprint density at radius 1 is 0.850 bits per heavy atom. The molecule has 0 spiro atoms. The van der Waals surface area contributed by atoms with Crippen LogP contribution in [0, 0.1) is 0 Å². The number of rotatable bonds is 3. The second-order valence-corrected chi connectivity index (χ2v) is 4.81. The molecule has 0 saturated heterocycles. The van der Waals surface area contributed by atoms with Crippen molar-refractivity contribution < 1.29 is 14.2 Å². The van der Waals surface area contributed by atoms with E-state index in [9.17, 15) is 0 Å². The van der Waals surface area contributed by atoms with Gasteiger partial charge in [0, 0.05) is 16.5 Å². The zero-order chi connectivity index (χ0) is 14.3. The van der Waals surface area contributed by atoms with Crippen molar-refractivity contribution in [1.29, 1.82) is 0 Å². The highest BCUT2D eigenvalue weighted by Gasteiger charge is 2.16. The van der Waals surface area contributed by atoms with Crippen LogP contribution in [0.15, 0.2) is 24.3 Å². The summed E-state index contributed by atoms with van der Waals surface area (Å²) in [5, 5.41) is 2.49. The van der Waals surface area contributed by atoms with Crippen LogP contribution in [0.3, 0.4) is 0 Å². The predicted molar refractivity (Wildman–Crippen MR) is 80.5 cm³/mol. The molecule has 0 bridgehead atoms. The number of nitrogens with one attached hydrogen (secondary N) is 1. The smallest absolute Gasteiger partial charge is 0.144 e. The molecule has 2 aromatic carbocycles. The highest BCUT2D eigenvalue weighted by Crippen LogP contribution is 2.42. The summed E-state index contributed by atoms with van der Waals surface area (Å²) in [6.45, 7) is 0. The van der Waals surface area contributed by atoms with Crippen molar-refractivity contribution in [3.63, 3.8) is 0 Å². The van der Waals surface area contributed by atoms with Crippen LogP contribution in [0.1, 0.15) is 0 Å². The lowest BCUT2D eigenvalue weighted by Gasteiger charge is -2.06. The SMILES string of the molecule is COc1cc(Cl)cc2c1[nH]c1c(OC)ccc(OC)c12. The molecule has 104 valence electrons. The fourth-order valence-corrected chi connectivity index (χ4v) is 2.70. The summed E-state index contributed by atoms with van der Waals surface area (Å²) in [4.78, 5) is 3.33. The third-order valence-corrected chi connectivity index (χ3v) is 3.59. The monoisotopic (exact) mass is 291 g/mol. The number of aromatic nitrogens is 1. The Kier molecular flexibility index (Phi) is 3.10. The van der Waals surface area contributed by atoms with E-state index >= 15 is 0 Å². The number of ether oxygens (including phenoxy) is 3. The minimum Gasteiger partial charge on any atom is -0.496 e. The van der Waals surface area contributed by atoms with Crippen LogP contribution in [0.5, 0.6) is 17.2 Å². The summed E-state index contributed by atoms with van der Waals surface area (Å²) in [6, 6.07) is 7.41. The molecule has 1 heterocycles. The minimum atomic E-state index is 0.611. The first-order valence-electron chi connectivity index (χ1n) is 6.09. The predicted octanol–water partition coefficient (Wildman–Crippen LogP) is 4.00. The Morgan fingerprint density at radius 3 is 2.15 bits per heavy atom. The molecule has 1 N–H and O–H groups in total. The Hall–Kier alpha value is -2.07. The van der Waals surface area contributed by atoms with E-state index < -0.39 is 0 Å². The number of fused-ring (bicyclic) bond motifs is 3. The lowest BCUT2D eigenvalue weighted by Crippen LogP contribution is -1.87. The fourth-order valence-electron chi connectivity index (χ4n) is 2.49. The van der Waals surface area contributed by atoms with Gasteiger partial charge in [0.15, 0.2) is 0 Å². The van der Waals surface area contributed by atoms with Gasteiger partial charge in [0.05, 0.1) is 37.7 Å². The van der Waals surface area contributed by atoms with Gasteiger partial charge in [-0.3, -0.25) is 0 Å². The fraction of sp³-hybridized carbons (Fsp3) is 0.200. The zero-order valence-corrected chi connectivity index (χ0v) is 12.2. The lowest BCUT2D eigenvalue weighted by molar-refractivity contribution is 0.410. The molecule has 0 aliphatic carbocycles. The van der Waals surface area contributed by atoms with Crippen LogP contribution in [0.2, 0.25) is 5.02 Å². The topological polar surface area (TPSA) is 43.5 Å². The first-order chi connectivity index (χ1) is 9.69. The van der Waals surface area contributed by atoms with Gasteiger partial charge in [0.2, 0.25) is 0 Å². The molecule has 0 amide bonds. The van der Waals surface area contributed by atoms with E-state index in [2.05, 4.69) is 4.98 Å². The molecule has 0 aliphatic heterocycles. The van der Waals surface area contributed by atoms with Crippen molar-refractivity contribution in [3.05, 3.63) is 29.3 Å². The molecule has 0 saturated carbocycles. The number of halogens is 1. The third kappa shape index (κ3) is 1.76. The highest BCUT2D eigenvalue weighted by atomic mass is 35.5. The van der Waals surface area contributed by atoms with Crippen LogP contribution in [0.25, 0.3) is 21.8 Å². The van der Waals surface area contributed by atoms with E-state index in [0.717, 1.165) is 33.3 Å². The van der Waals surface area contributed by atoms with Gasteiger partial charge >= 0.3 is 0 Å². The molecule has 0 fully saturated rings. The quantitative estimate of drug-likeness (QED) is 0.793. The first kappa shape index (κ1) is 12.9. The van der Waals surface area contributed by atoms with E-state index in [0.29, 0.717) is 10.8 Å². The van der Waals surface area contributed by atoms with Gasteiger partial charge in [-0.25, -0.2) is 0 Å². The molecular weight excluding hydrogens is 278 g/mol. The number of hydrogen-bond donors (Lipinski definition) is 1. The molecule has 0 aliphatic rings. The maximum atomic E-state index is 6.16. The molecule has 3 aromatic rings. The number of aromatic amines is 1. The van der Waals surface area contributed by atoms with E-state index in [1.165, 1.54) is 0 Å². The lowest BCUT2D eigenvalue weighted by atomic mass is 10.1. The van der Waals surface area contributed by atoms with Gasteiger partial charge in [-0.2, -0.15) is 0 Å². The van der Waals surface area contributed by atoms with Crippen LogP contribution < -0.4 is 14.2 Å². The largest absolute Gasteiger partial charge is 0.496 e. The van der Waals surface area contributed by atoms with Gasteiger partial charge in [-0.05, 0) is 18.2 Å². The van der Waals surface area contributed by atoms with Crippen molar-refractivity contribution in [3.8, 4) is 17.2 Å². The van der Waals surface area contributed by atoms with Gasteiger partial charge in [-0.1, -0.05) is 11.6 Å². The van der Waals surface area contributed by atoms with Crippen molar-refractivity contribution >= 4 is 33.4 Å². The summed E-state index contributed by atoms with van der Waals surface area (Å²) < 4.78 is 16.2. The Balaban J connectivity index is 2.53. The maximum absolute atomic E-state index is 6.16. The second kappa shape index (κ2) is 4.80. The van der Waals surface area contributed by atoms with Crippen LogP contribution in [0.4, 0.5) is 0 Å². The summed E-state index contributed by atoms with van der Waals surface area (Å²) in [7, 11) is 4.89. The van der Waals surface area contributed by atoms with Crippen molar-refractivity contribution in [2.24, 2.45) is 0 Å². The number of methoxy groups -OCH3 is 3. The molecule has 3 rings (SSSR count). The molecule has 0 atom stereocenters. The van der Waals surface area contributed by atoms with Crippen molar-refractivity contribution in [1.82, 2.24) is 4.98 Å². The molecule has 1 aromatic heterocycles. The van der Waals surface area contributed by atoms with Gasteiger partial charge in [0.1, 0.15) is 17.2 Å². The average Bonchev–Trinajstić information content (AvgIpc) is 2.85. The van der Waals surface area contributed by atoms with E-state index in [1.54, 1.807) is 27.4 Å². The minimum absolute atomic E-state index is 0.611. The Labute approximate surface area is 121 Å². The Bertz CT molecular complexity index is 795. The summed E-state index contributed by atoms with van der Waals surface area (Å²) in [5.74, 6) is 2.19. The number of benzene rings is 2. The third-order valence-electron chi connectivity index (χ3n) is 3.37. The van der Waals surface area contributed by atoms with Crippen molar-refractivity contribution in [2.45, 2.75) is 0 Å². The Morgan fingerprint density at radius 2 is 1.50 bits per heavy atom. The molecule has 4 nitrogen and oxygen atoms in total. The number of hydrogen-bond acceptors (Lipinski definition) is 3. The summed E-state index contributed by atoms with van der Waals surface area (Å²) >= 11 is 6.16.